The van der Waals surface area contributed by atoms with Gasteiger partial charge in [0.2, 0.25) is 5.88 Å². The number of rotatable bonds is 3. The molecule has 0 bridgehead atoms. The van der Waals surface area contributed by atoms with Gasteiger partial charge in [-0.3, -0.25) is 4.98 Å². The highest BCUT2D eigenvalue weighted by Crippen LogP contribution is 2.28. The van der Waals surface area contributed by atoms with Crippen molar-refractivity contribution >= 4 is 16.7 Å². The lowest BCUT2D eigenvalue weighted by Gasteiger charge is -2.12. The molecule has 106 valence electrons. The molecule has 21 heavy (non-hydrogen) atoms. The fourth-order valence-electron chi connectivity index (χ4n) is 2.17. The van der Waals surface area contributed by atoms with Crippen molar-refractivity contribution < 1.29 is 4.74 Å². The summed E-state index contributed by atoms with van der Waals surface area (Å²) in [5, 5.41) is 4.13. The number of benzene rings is 1. The molecule has 0 radical (unpaired) electrons. The summed E-state index contributed by atoms with van der Waals surface area (Å²) in [5.41, 5.74) is 1.77. The largest absolute Gasteiger partial charge is 0.438 e. The molecule has 3 rings (SSSR count). The minimum absolute atomic E-state index is 0.558. The van der Waals surface area contributed by atoms with Gasteiger partial charge in [0.1, 0.15) is 17.4 Å². The third-order valence-electron chi connectivity index (χ3n) is 3.24. The first-order valence-electron chi connectivity index (χ1n) is 6.73. The van der Waals surface area contributed by atoms with Crippen LogP contribution < -0.4 is 10.1 Å². The summed E-state index contributed by atoms with van der Waals surface area (Å²) in [4.78, 5) is 13.0. The second-order valence-electron chi connectivity index (χ2n) is 4.76. The molecular weight excluding hydrogens is 264 g/mol. The van der Waals surface area contributed by atoms with Crippen LogP contribution in [0.1, 0.15) is 11.4 Å². The van der Waals surface area contributed by atoms with E-state index < -0.39 is 0 Å². The Morgan fingerprint density at radius 3 is 2.76 bits per heavy atom. The van der Waals surface area contributed by atoms with E-state index in [1.165, 1.54) is 0 Å². The van der Waals surface area contributed by atoms with E-state index in [0.29, 0.717) is 17.5 Å². The number of hydrogen-bond donors (Lipinski definition) is 1. The van der Waals surface area contributed by atoms with Crippen LogP contribution in [0.25, 0.3) is 10.9 Å². The van der Waals surface area contributed by atoms with Crippen LogP contribution in [-0.4, -0.2) is 22.0 Å². The highest BCUT2D eigenvalue weighted by molar-refractivity contribution is 5.79. The average Bonchev–Trinajstić information content (AvgIpc) is 2.50. The van der Waals surface area contributed by atoms with Crippen molar-refractivity contribution in [2.24, 2.45) is 0 Å². The number of fused-ring (bicyclic) bond motifs is 1. The minimum atomic E-state index is 0.558. The van der Waals surface area contributed by atoms with Crippen LogP contribution in [-0.2, 0) is 0 Å². The van der Waals surface area contributed by atoms with E-state index >= 15 is 0 Å². The Morgan fingerprint density at radius 2 is 1.95 bits per heavy atom. The van der Waals surface area contributed by atoms with Crippen LogP contribution in [0.4, 0.5) is 5.82 Å². The molecule has 2 aromatic heterocycles. The summed E-state index contributed by atoms with van der Waals surface area (Å²) in [6.07, 6.45) is 1.77. The Hall–Kier alpha value is -2.69. The topological polar surface area (TPSA) is 59.9 Å². The third kappa shape index (κ3) is 2.63. The van der Waals surface area contributed by atoms with Gasteiger partial charge in [0.05, 0.1) is 11.1 Å². The second-order valence-corrected chi connectivity index (χ2v) is 4.76. The minimum Gasteiger partial charge on any atom is -0.438 e. The molecule has 0 amide bonds. The summed E-state index contributed by atoms with van der Waals surface area (Å²) >= 11 is 0. The van der Waals surface area contributed by atoms with Gasteiger partial charge in [0, 0.05) is 24.7 Å². The SMILES string of the molecule is CNc1nc(C)nc(Oc2ccc3cccnc3c2)c1C. The van der Waals surface area contributed by atoms with E-state index in [-0.39, 0.29) is 0 Å². The van der Waals surface area contributed by atoms with Gasteiger partial charge in [-0.1, -0.05) is 6.07 Å². The first-order chi connectivity index (χ1) is 10.2. The van der Waals surface area contributed by atoms with Gasteiger partial charge >= 0.3 is 0 Å². The van der Waals surface area contributed by atoms with Gasteiger partial charge in [0.25, 0.3) is 0 Å². The fourth-order valence-corrected chi connectivity index (χ4v) is 2.17. The highest BCUT2D eigenvalue weighted by Gasteiger charge is 2.10. The number of hydrogen-bond acceptors (Lipinski definition) is 5. The Balaban J connectivity index is 2.00. The smallest absolute Gasteiger partial charge is 0.227 e. The zero-order valence-corrected chi connectivity index (χ0v) is 12.2. The lowest BCUT2D eigenvalue weighted by molar-refractivity contribution is 0.456. The van der Waals surface area contributed by atoms with E-state index in [2.05, 4.69) is 20.3 Å². The predicted octanol–water partition coefficient (Wildman–Crippen LogP) is 3.48. The zero-order valence-electron chi connectivity index (χ0n) is 12.2. The number of anilines is 1. The molecule has 0 fully saturated rings. The number of aromatic nitrogens is 3. The van der Waals surface area contributed by atoms with Crippen molar-refractivity contribution in [1.82, 2.24) is 15.0 Å². The van der Waals surface area contributed by atoms with Crippen molar-refractivity contribution in [3.05, 3.63) is 47.9 Å². The van der Waals surface area contributed by atoms with Gasteiger partial charge in [-0.2, -0.15) is 4.98 Å². The molecule has 0 atom stereocenters. The molecule has 1 aromatic carbocycles. The summed E-state index contributed by atoms with van der Waals surface area (Å²) in [6.45, 7) is 3.77. The van der Waals surface area contributed by atoms with Crippen LogP contribution in [0.15, 0.2) is 36.5 Å². The summed E-state index contributed by atoms with van der Waals surface area (Å²) < 4.78 is 5.91. The summed E-state index contributed by atoms with van der Waals surface area (Å²) in [5.74, 6) is 2.71. The van der Waals surface area contributed by atoms with Crippen LogP contribution in [0.3, 0.4) is 0 Å². The van der Waals surface area contributed by atoms with Gasteiger partial charge in [0.15, 0.2) is 0 Å². The predicted molar refractivity (Wildman–Crippen MR) is 82.9 cm³/mol. The van der Waals surface area contributed by atoms with Crippen LogP contribution >= 0.6 is 0 Å². The van der Waals surface area contributed by atoms with E-state index in [9.17, 15) is 0 Å². The molecule has 2 heterocycles. The standard InChI is InChI=1S/C16H16N4O/c1-10-15(17-3)19-11(2)20-16(10)21-13-7-6-12-5-4-8-18-14(12)9-13/h4-9H,1-3H3,(H,17,19,20). The zero-order chi connectivity index (χ0) is 14.8. The normalized spacial score (nSPS) is 10.6. The lowest BCUT2D eigenvalue weighted by atomic mass is 10.2. The average molecular weight is 280 g/mol. The lowest BCUT2D eigenvalue weighted by Crippen LogP contribution is -2.02. The maximum Gasteiger partial charge on any atom is 0.227 e. The first kappa shape index (κ1) is 13.3. The number of nitrogens with zero attached hydrogens (tertiary/aromatic N) is 3. The van der Waals surface area contributed by atoms with E-state index in [4.69, 9.17) is 4.74 Å². The number of aryl methyl sites for hydroxylation is 1. The van der Waals surface area contributed by atoms with Crippen molar-refractivity contribution in [2.75, 3.05) is 12.4 Å². The van der Waals surface area contributed by atoms with Crippen molar-refractivity contribution in [1.29, 1.82) is 0 Å². The number of nitrogens with one attached hydrogen (secondary N) is 1. The van der Waals surface area contributed by atoms with Crippen LogP contribution in [0, 0.1) is 13.8 Å². The van der Waals surface area contributed by atoms with Gasteiger partial charge in [-0.05, 0) is 32.0 Å². The Labute approximate surface area is 123 Å². The Morgan fingerprint density at radius 1 is 1.10 bits per heavy atom. The van der Waals surface area contributed by atoms with Crippen LogP contribution in [0.2, 0.25) is 0 Å². The van der Waals surface area contributed by atoms with Gasteiger partial charge in [-0.25, -0.2) is 4.98 Å². The molecule has 3 aromatic rings. The molecule has 0 saturated carbocycles. The number of ether oxygens (including phenoxy) is 1. The summed E-state index contributed by atoms with van der Waals surface area (Å²) in [7, 11) is 1.83. The molecule has 5 heteroatoms. The molecule has 0 aliphatic heterocycles. The van der Waals surface area contributed by atoms with Gasteiger partial charge < -0.3 is 10.1 Å². The molecule has 0 unspecified atom stereocenters. The third-order valence-corrected chi connectivity index (χ3v) is 3.24. The molecule has 5 nitrogen and oxygen atoms in total. The Kier molecular flexibility index (Phi) is 3.39. The highest BCUT2D eigenvalue weighted by atomic mass is 16.5. The molecule has 1 N–H and O–H groups in total. The second kappa shape index (κ2) is 5.36. The maximum atomic E-state index is 5.91. The molecule has 0 aliphatic carbocycles. The Bertz CT molecular complexity index is 801. The van der Waals surface area contributed by atoms with E-state index in [0.717, 1.165) is 22.3 Å². The molecule has 0 aliphatic rings. The molecule has 0 saturated heterocycles. The van der Waals surface area contributed by atoms with Crippen molar-refractivity contribution in [3.8, 4) is 11.6 Å². The molecule has 0 spiro atoms. The first-order valence-corrected chi connectivity index (χ1v) is 6.73. The van der Waals surface area contributed by atoms with E-state index in [1.807, 2.05) is 51.2 Å². The number of pyridine rings is 1. The molecular formula is C16H16N4O. The van der Waals surface area contributed by atoms with Crippen LogP contribution in [0.5, 0.6) is 11.6 Å². The summed E-state index contributed by atoms with van der Waals surface area (Å²) in [6, 6.07) is 9.75. The van der Waals surface area contributed by atoms with Gasteiger partial charge in [-0.15, -0.1) is 0 Å². The van der Waals surface area contributed by atoms with Crippen molar-refractivity contribution in [2.45, 2.75) is 13.8 Å². The van der Waals surface area contributed by atoms with E-state index in [1.54, 1.807) is 6.20 Å². The monoisotopic (exact) mass is 280 g/mol. The quantitative estimate of drug-likeness (QED) is 0.796. The fraction of sp³-hybridized carbons (Fsp3) is 0.188. The maximum absolute atomic E-state index is 5.91. The van der Waals surface area contributed by atoms with Crippen molar-refractivity contribution in [3.63, 3.8) is 0 Å².